The van der Waals surface area contributed by atoms with E-state index in [0.29, 0.717) is 17.4 Å². The molecule has 2 amide bonds. The number of carbonyl (C=O) groups excluding carboxylic acids is 2. The molecule has 2 aliphatic rings. The maximum absolute atomic E-state index is 11.8. The van der Waals surface area contributed by atoms with Crippen LogP contribution in [0.1, 0.15) is 42.7 Å². The third kappa shape index (κ3) is 4.62. The first kappa shape index (κ1) is 19.9. The largest absolute Gasteiger partial charge is 0.441 e. The highest BCUT2D eigenvalue weighted by atomic mass is 32.2. The number of imide groups is 1. The van der Waals surface area contributed by atoms with E-state index in [9.17, 15) is 9.59 Å². The van der Waals surface area contributed by atoms with Crippen molar-refractivity contribution >= 4 is 22.9 Å². The van der Waals surface area contributed by atoms with Gasteiger partial charge >= 0.3 is 0 Å². The summed E-state index contributed by atoms with van der Waals surface area (Å²) in [4.78, 5) is 28.3. The molecule has 1 saturated carbocycles. The number of benzene rings is 1. The summed E-state index contributed by atoms with van der Waals surface area (Å²) in [7, 11) is 0. The average Bonchev–Trinajstić information content (AvgIpc) is 3.22. The van der Waals surface area contributed by atoms with E-state index >= 15 is 0 Å². The van der Waals surface area contributed by atoms with Crippen LogP contribution in [0.5, 0.6) is 0 Å². The predicted molar refractivity (Wildman–Crippen MR) is 111 cm³/mol. The molecule has 1 aromatic heterocycles. The minimum Gasteiger partial charge on any atom is -0.441 e. The standard InChI is InChI=1S/C22H24N2O4S/c1-13-6-3-4-9-17(13)21-23-18(14(2)28-21)12-27-16-8-5-7-15(10-16)11-19-20(25)24-22(26)29-19/h3-4,6,9,11,15-16H,5,7-8,10,12H2,1-2H3,(H,24,25,26). The third-order valence-electron chi connectivity index (χ3n) is 5.42. The SMILES string of the molecule is Cc1ccccc1-c1nc(COC2CCCC(C=C3SC(=O)NC3=O)C2)c(C)o1. The highest BCUT2D eigenvalue weighted by molar-refractivity contribution is 8.18. The van der Waals surface area contributed by atoms with Crippen molar-refractivity contribution in [2.45, 2.75) is 52.2 Å². The molecule has 2 unspecified atom stereocenters. The lowest BCUT2D eigenvalue weighted by Crippen LogP contribution is -2.23. The van der Waals surface area contributed by atoms with Gasteiger partial charge in [-0.05, 0) is 62.4 Å². The lowest BCUT2D eigenvalue weighted by atomic mass is 9.87. The summed E-state index contributed by atoms with van der Waals surface area (Å²) in [6.07, 6.45) is 5.90. The molecular formula is C22H24N2O4S. The summed E-state index contributed by atoms with van der Waals surface area (Å²) in [6, 6.07) is 8.02. The van der Waals surface area contributed by atoms with E-state index in [0.717, 1.165) is 60.0 Å². The predicted octanol–water partition coefficient (Wildman–Crippen LogP) is 4.90. The Kier molecular flexibility index (Phi) is 5.87. The van der Waals surface area contributed by atoms with Gasteiger partial charge in [-0.15, -0.1) is 0 Å². The number of aryl methyl sites for hydroxylation is 2. The first-order valence-electron chi connectivity index (χ1n) is 9.88. The van der Waals surface area contributed by atoms with Crippen molar-refractivity contribution in [3.05, 3.63) is 52.3 Å². The number of thioether (sulfide) groups is 1. The molecule has 2 aromatic rings. The van der Waals surface area contributed by atoms with Crippen LogP contribution >= 0.6 is 11.8 Å². The molecule has 1 aliphatic carbocycles. The van der Waals surface area contributed by atoms with Crippen molar-refractivity contribution in [2.75, 3.05) is 0 Å². The molecule has 29 heavy (non-hydrogen) atoms. The second-order valence-corrected chi connectivity index (χ2v) is 8.59. The fourth-order valence-electron chi connectivity index (χ4n) is 3.82. The van der Waals surface area contributed by atoms with Crippen LogP contribution < -0.4 is 5.32 Å². The second kappa shape index (κ2) is 8.55. The van der Waals surface area contributed by atoms with Gasteiger partial charge in [0.05, 0.1) is 17.6 Å². The van der Waals surface area contributed by atoms with E-state index in [1.165, 1.54) is 0 Å². The molecular weight excluding hydrogens is 388 g/mol. The van der Waals surface area contributed by atoms with E-state index < -0.39 is 0 Å². The van der Waals surface area contributed by atoms with Gasteiger partial charge in [0.1, 0.15) is 11.5 Å². The van der Waals surface area contributed by atoms with Crippen LogP contribution in [0.4, 0.5) is 4.79 Å². The third-order valence-corrected chi connectivity index (χ3v) is 6.25. The van der Waals surface area contributed by atoms with Crippen LogP contribution in [0, 0.1) is 19.8 Å². The monoisotopic (exact) mass is 412 g/mol. The van der Waals surface area contributed by atoms with Crippen molar-refractivity contribution in [2.24, 2.45) is 5.92 Å². The van der Waals surface area contributed by atoms with Crippen LogP contribution in [-0.2, 0) is 16.1 Å². The first-order chi connectivity index (χ1) is 14.0. The van der Waals surface area contributed by atoms with Crippen molar-refractivity contribution < 1.29 is 18.7 Å². The number of hydrogen-bond donors (Lipinski definition) is 1. The van der Waals surface area contributed by atoms with Crippen LogP contribution in [0.2, 0.25) is 0 Å². The lowest BCUT2D eigenvalue weighted by Gasteiger charge is -2.27. The zero-order valence-corrected chi connectivity index (χ0v) is 17.4. The molecule has 2 fully saturated rings. The number of aromatic nitrogens is 1. The summed E-state index contributed by atoms with van der Waals surface area (Å²) in [6.45, 7) is 4.36. The second-order valence-electron chi connectivity index (χ2n) is 7.57. The molecule has 0 bridgehead atoms. The van der Waals surface area contributed by atoms with Crippen LogP contribution in [0.3, 0.4) is 0 Å². The molecule has 0 spiro atoms. The number of allylic oxidation sites excluding steroid dienone is 1. The minimum absolute atomic E-state index is 0.105. The normalized spacial score (nSPS) is 23.6. The average molecular weight is 413 g/mol. The smallest absolute Gasteiger partial charge is 0.290 e. The zero-order valence-electron chi connectivity index (χ0n) is 16.6. The Labute approximate surface area is 174 Å². The van der Waals surface area contributed by atoms with Gasteiger partial charge in [-0.2, -0.15) is 0 Å². The van der Waals surface area contributed by atoms with Gasteiger partial charge in [0.2, 0.25) is 5.89 Å². The van der Waals surface area contributed by atoms with Crippen LogP contribution in [0.25, 0.3) is 11.5 Å². The number of carbonyl (C=O) groups is 2. The number of nitrogens with zero attached hydrogens (tertiary/aromatic N) is 1. The van der Waals surface area contributed by atoms with Crippen molar-refractivity contribution in [3.8, 4) is 11.5 Å². The molecule has 4 rings (SSSR count). The number of oxazole rings is 1. The number of rotatable bonds is 5. The molecule has 1 saturated heterocycles. The number of ether oxygens (including phenoxy) is 1. The number of nitrogens with one attached hydrogen (secondary N) is 1. The van der Waals surface area contributed by atoms with Gasteiger partial charge in [-0.3, -0.25) is 14.9 Å². The number of hydrogen-bond acceptors (Lipinski definition) is 6. The molecule has 1 aromatic carbocycles. The molecule has 1 N–H and O–H groups in total. The maximum atomic E-state index is 11.8. The zero-order chi connectivity index (χ0) is 20.4. The molecule has 1 aliphatic heterocycles. The Morgan fingerprint density at radius 2 is 2.10 bits per heavy atom. The minimum atomic E-state index is -0.296. The lowest BCUT2D eigenvalue weighted by molar-refractivity contribution is -0.115. The summed E-state index contributed by atoms with van der Waals surface area (Å²) in [5, 5.41) is 2.01. The summed E-state index contributed by atoms with van der Waals surface area (Å²) in [5.41, 5.74) is 2.94. The quantitative estimate of drug-likeness (QED) is 0.704. The van der Waals surface area contributed by atoms with E-state index in [1.54, 1.807) is 0 Å². The Bertz CT molecular complexity index is 965. The number of amides is 2. The highest BCUT2D eigenvalue weighted by Gasteiger charge is 2.28. The van der Waals surface area contributed by atoms with Gasteiger partial charge in [0, 0.05) is 5.56 Å². The van der Waals surface area contributed by atoms with Gasteiger partial charge in [0.25, 0.3) is 11.1 Å². The molecule has 0 radical (unpaired) electrons. The molecule has 2 atom stereocenters. The van der Waals surface area contributed by atoms with E-state index in [2.05, 4.69) is 10.3 Å². The van der Waals surface area contributed by atoms with Gasteiger partial charge < -0.3 is 9.15 Å². The fraction of sp³-hybridized carbons (Fsp3) is 0.409. The van der Waals surface area contributed by atoms with E-state index in [1.807, 2.05) is 44.2 Å². The highest BCUT2D eigenvalue weighted by Crippen LogP contribution is 2.33. The molecule has 6 nitrogen and oxygen atoms in total. The Hall–Kier alpha value is -2.38. The summed E-state index contributed by atoms with van der Waals surface area (Å²) >= 11 is 0.981. The Balaban J connectivity index is 1.38. The van der Waals surface area contributed by atoms with Crippen molar-refractivity contribution in [1.29, 1.82) is 0 Å². The first-order valence-corrected chi connectivity index (χ1v) is 10.7. The Morgan fingerprint density at radius 3 is 2.86 bits per heavy atom. The molecule has 2 heterocycles. The Morgan fingerprint density at radius 1 is 1.28 bits per heavy atom. The molecule has 7 heteroatoms. The van der Waals surface area contributed by atoms with Gasteiger partial charge in [-0.1, -0.05) is 30.7 Å². The van der Waals surface area contributed by atoms with Crippen molar-refractivity contribution in [3.63, 3.8) is 0 Å². The van der Waals surface area contributed by atoms with Crippen molar-refractivity contribution in [1.82, 2.24) is 10.3 Å². The van der Waals surface area contributed by atoms with Crippen LogP contribution in [-0.4, -0.2) is 22.2 Å². The van der Waals surface area contributed by atoms with Gasteiger partial charge in [0.15, 0.2) is 0 Å². The maximum Gasteiger partial charge on any atom is 0.290 e. The topological polar surface area (TPSA) is 81.4 Å². The summed E-state index contributed by atoms with van der Waals surface area (Å²) in [5.74, 6) is 1.36. The van der Waals surface area contributed by atoms with Crippen LogP contribution in [0.15, 0.2) is 39.7 Å². The van der Waals surface area contributed by atoms with E-state index in [-0.39, 0.29) is 23.2 Å². The summed E-state index contributed by atoms with van der Waals surface area (Å²) < 4.78 is 12.0. The van der Waals surface area contributed by atoms with E-state index in [4.69, 9.17) is 9.15 Å². The van der Waals surface area contributed by atoms with Gasteiger partial charge in [-0.25, -0.2) is 4.98 Å². The fourth-order valence-corrected chi connectivity index (χ4v) is 4.57. The molecule has 152 valence electrons.